The van der Waals surface area contributed by atoms with E-state index in [1.54, 1.807) is 11.0 Å². The summed E-state index contributed by atoms with van der Waals surface area (Å²) in [5.74, 6) is 0.505. The molecule has 1 unspecified atom stereocenters. The highest BCUT2D eigenvalue weighted by molar-refractivity contribution is 6.33. The van der Waals surface area contributed by atoms with Gasteiger partial charge in [-0.25, -0.2) is 4.79 Å². The first kappa shape index (κ1) is 20.6. The van der Waals surface area contributed by atoms with Crippen molar-refractivity contribution in [3.8, 4) is 11.3 Å². The van der Waals surface area contributed by atoms with Crippen molar-refractivity contribution in [2.45, 2.75) is 45.5 Å². The monoisotopic (exact) mass is 408 g/mol. The van der Waals surface area contributed by atoms with Gasteiger partial charge in [0, 0.05) is 24.6 Å². The molecular weight excluding hydrogens is 384 g/mol. The summed E-state index contributed by atoms with van der Waals surface area (Å²) in [6, 6.07) is 7.31. The van der Waals surface area contributed by atoms with Crippen molar-refractivity contribution in [2.75, 3.05) is 19.7 Å². The van der Waals surface area contributed by atoms with Gasteiger partial charge in [-0.2, -0.15) is 0 Å². The smallest absolute Gasteiger partial charge is 0.410 e. The zero-order chi connectivity index (χ0) is 20.3. The number of aliphatic hydroxyl groups is 1. The molecule has 28 heavy (non-hydrogen) atoms. The maximum Gasteiger partial charge on any atom is 0.410 e. The van der Waals surface area contributed by atoms with Gasteiger partial charge in [0.25, 0.3) is 0 Å². The Kier molecular flexibility index (Phi) is 6.27. The number of morpholine rings is 1. The highest BCUT2D eigenvalue weighted by Crippen LogP contribution is 2.30. The fraction of sp³-hybridized carbons (Fsp3) is 0.500. The lowest BCUT2D eigenvalue weighted by Crippen LogP contribution is -2.48. The SMILES string of the molecule is CC(C)(C)OC(=O)N1CCOC(Cc2ccc(-c3cc(CO)no3)c(Cl)c2)C1. The van der Waals surface area contributed by atoms with Crippen LogP contribution < -0.4 is 0 Å². The predicted octanol–water partition coefficient (Wildman–Crippen LogP) is 3.67. The van der Waals surface area contributed by atoms with Gasteiger partial charge < -0.3 is 24.0 Å². The molecule has 1 aliphatic heterocycles. The van der Waals surface area contributed by atoms with Crippen LogP contribution >= 0.6 is 11.6 Å². The van der Waals surface area contributed by atoms with Crippen molar-refractivity contribution < 1.29 is 23.9 Å². The molecule has 2 aromatic rings. The molecule has 2 heterocycles. The molecule has 1 atom stereocenters. The van der Waals surface area contributed by atoms with Crippen LogP contribution in [0.3, 0.4) is 0 Å². The summed E-state index contributed by atoms with van der Waals surface area (Å²) >= 11 is 6.41. The maximum atomic E-state index is 12.3. The molecule has 1 aromatic carbocycles. The van der Waals surface area contributed by atoms with E-state index in [9.17, 15) is 4.79 Å². The summed E-state index contributed by atoms with van der Waals surface area (Å²) in [5, 5.41) is 13.4. The summed E-state index contributed by atoms with van der Waals surface area (Å²) in [6.07, 6.45) is 0.172. The Hall–Kier alpha value is -2.09. The number of aliphatic hydroxyl groups excluding tert-OH is 1. The van der Waals surface area contributed by atoms with Crippen molar-refractivity contribution in [1.29, 1.82) is 0 Å². The molecule has 1 aromatic heterocycles. The Labute approximate surface area is 169 Å². The molecule has 1 amide bonds. The molecule has 0 radical (unpaired) electrons. The highest BCUT2D eigenvalue weighted by Gasteiger charge is 2.28. The lowest BCUT2D eigenvalue weighted by atomic mass is 10.0. The zero-order valence-corrected chi connectivity index (χ0v) is 17.0. The van der Waals surface area contributed by atoms with Gasteiger partial charge in [0.15, 0.2) is 5.76 Å². The number of hydrogen-bond acceptors (Lipinski definition) is 6. The Balaban J connectivity index is 1.65. The molecule has 0 saturated carbocycles. The minimum atomic E-state index is -0.523. The zero-order valence-electron chi connectivity index (χ0n) is 16.3. The second kappa shape index (κ2) is 8.51. The third-order valence-corrected chi connectivity index (χ3v) is 4.59. The van der Waals surface area contributed by atoms with Crippen LogP contribution in [0, 0.1) is 0 Å². The molecule has 0 spiro atoms. The van der Waals surface area contributed by atoms with Crippen LogP contribution in [0.1, 0.15) is 32.0 Å². The van der Waals surface area contributed by atoms with E-state index in [1.165, 1.54) is 0 Å². The fourth-order valence-corrected chi connectivity index (χ4v) is 3.29. The quantitative estimate of drug-likeness (QED) is 0.830. The predicted molar refractivity (Wildman–Crippen MR) is 104 cm³/mol. The number of benzene rings is 1. The molecule has 0 bridgehead atoms. The minimum Gasteiger partial charge on any atom is -0.444 e. The van der Waals surface area contributed by atoms with Gasteiger partial charge in [-0.1, -0.05) is 22.8 Å². The molecule has 8 heteroatoms. The molecule has 1 fully saturated rings. The van der Waals surface area contributed by atoms with Gasteiger partial charge >= 0.3 is 6.09 Å². The van der Waals surface area contributed by atoms with E-state index in [0.717, 1.165) is 5.56 Å². The van der Waals surface area contributed by atoms with Crippen LogP contribution in [0.4, 0.5) is 4.79 Å². The molecule has 1 aliphatic rings. The number of aromatic nitrogens is 1. The number of halogens is 1. The minimum absolute atomic E-state index is 0.130. The lowest BCUT2D eigenvalue weighted by molar-refractivity contribution is -0.0415. The number of ether oxygens (including phenoxy) is 2. The Bertz CT molecular complexity index is 830. The van der Waals surface area contributed by atoms with Gasteiger partial charge in [0.2, 0.25) is 0 Å². The summed E-state index contributed by atoms with van der Waals surface area (Å²) in [6.45, 7) is 6.82. The molecule has 152 valence electrons. The molecule has 0 aliphatic carbocycles. The molecular formula is C20H25ClN2O5. The topological polar surface area (TPSA) is 85.0 Å². The van der Waals surface area contributed by atoms with E-state index in [1.807, 2.05) is 39.0 Å². The van der Waals surface area contributed by atoms with E-state index in [-0.39, 0.29) is 18.8 Å². The molecule has 1 saturated heterocycles. The van der Waals surface area contributed by atoms with Crippen molar-refractivity contribution >= 4 is 17.7 Å². The second-order valence-corrected chi connectivity index (χ2v) is 8.19. The average molecular weight is 409 g/mol. The number of rotatable bonds is 4. The third-order valence-electron chi connectivity index (χ3n) is 4.27. The van der Waals surface area contributed by atoms with Crippen molar-refractivity contribution in [3.63, 3.8) is 0 Å². The third kappa shape index (κ3) is 5.25. The van der Waals surface area contributed by atoms with E-state index in [2.05, 4.69) is 5.16 Å². The van der Waals surface area contributed by atoms with Gasteiger partial charge in [-0.15, -0.1) is 0 Å². The molecule has 1 N–H and O–H groups in total. The standard InChI is InChI=1S/C20H25ClN2O5/c1-20(2,3)27-19(25)23-6-7-26-15(11-23)8-13-4-5-16(17(21)9-13)18-10-14(12-24)22-28-18/h4-5,9-10,15,24H,6-8,11-12H2,1-3H3. The lowest BCUT2D eigenvalue weighted by Gasteiger charge is -2.34. The van der Waals surface area contributed by atoms with Crippen LogP contribution in [-0.2, 0) is 22.5 Å². The second-order valence-electron chi connectivity index (χ2n) is 7.78. The van der Waals surface area contributed by atoms with Crippen molar-refractivity contribution in [3.05, 3.63) is 40.5 Å². The summed E-state index contributed by atoms with van der Waals surface area (Å²) in [4.78, 5) is 14.0. The van der Waals surface area contributed by atoms with Gasteiger partial charge in [-0.05, 0) is 38.5 Å². The van der Waals surface area contributed by atoms with Crippen molar-refractivity contribution in [2.24, 2.45) is 0 Å². The normalized spacial score (nSPS) is 17.6. The Morgan fingerprint density at radius 1 is 1.39 bits per heavy atom. The van der Waals surface area contributed by atoms with E-state index < -0.39 is 5.60 Å². The maximum absolute atomic E-state index is 12.3. The molecule has 7 nitrogen and oxygen atoms in total. The average Bonchev–Trinajstić information content (AvgIpc) is 3.09. The van der Waals surface area contributed by atoms with Crippen LogP contribution in [0.15, 0.2) is 28.8 Å². The highest BCUT2D eigenvalue weighted by atomic mass is 35.5. The van der Waals surface area contributed by atoms with Gasteiger partial charge in [0.05, 0.1) is 30.9 Å². The van der Waals surface area contributed by atoms with Crippen LogP contribution in [0.25, 0.3) is 11.3 Å². The van der Waals surface area contributed by atoms with Gasteiger partial charge in [-0.3, -0.25) is 0 Å². The van der Waals surface area contributed by atoms with Crippen LogP contribution in [0.2, 0.25) is 5.02 Å². The van der Waals surface area contributed by atoms with Crippen LogP contribution in [0.5, 0.6) is 0 Å². The largest absolute Gasteiger partial charge is 0.444 e. The van der Waals surface area contributed by atoms with E-state index in [4.69, 9.17) is 30.7 Å². The number of nitrogens with zero attached hydrogens (tertiary/aromatic N) is 2. The number of carbonyl (C=O) groups is 1. The summed E-state index contributed by atoms with van der Waals surface area (Å²) in [7, 11) is 0. The van der Waals surface area contributed by atoms with Crippen molar-refractivity contribution in [1.82, 2.24) is 10.1 Å². The summed E-state index contributed by atoms with van der Waals surface area (Å²) < 4.78 is 16.5. The Morgan fingerprint density at radius 2 is 2.18 bits per heavy atom. The number of carbonyl (C=O) groups excluding carboxylic acids is 1. The fourth-order valence-electron chi connectivity index (χ4n) is 3.00. The first-order valence-corrected chi connectivity index (χ1v) is 9.58. The van der Waals surface area contributed by atoms with E-state index >= 15 is 0 Å². The summed E-state index contributed by atoms with van der Waals surface area (Å²) in [5.41, 5.74) is 1.63. The van der Waals surface area contributed by atoms with Gasteiger partial charge in [0.1, 0.15) is 11.3 Å². The Morgan fingerprint density at radius 3 is 2.82 bits per heavy atom. The first-order valence-electron chi connectivity index (χ1n) is 9.20. The first-order chi connectivity index (χ1) is 13.2. The van der Waals surface area contributed by atoms with E-state index in [0.29, 0.717) is 48.2 Å². The number of hydrogen-bond donors (Lipinski definition) is 1. The number of amides is 1. The molecule has 3 rings (SSSR count). The van der Waals surface area contributed by atoms with Crippen LogP contribution in [-0.4, -0.2) is 52.7 Å².